The maximum absolute atomic E-state index is 11.8. The third kappa shape index (κ3) is 2.70. The van der Waals surface area contributed by atoms with Crippen molar-refractivity contribution in [2.24, 2.45) is 0 Å². The Bertz CT molecular complexity index is 589. The minimum Gasteiger partial charge on any atom is -0.481 e. The van der Waals surface area contributed by atoms with E-state index >= 15 is 0 Å². The maximum Gasteiger partial charge on any atom is 0.307 e. The van der Waals surface area contributed by atoms with Gasteiger partial charge in [0.25, 0.3) is 11.8 Å². The second kappa shape index (κ2) is 5.06. The Balaban J connectivity index is 2.23. The molecule has 0 atom stereocenters. The Hall–Kier alpha value is -2.43. The molecular weight excluding hydrogens is 246 g/mol. The summed E-state index contributed by atoms with van der Waals surface area (Å²) >= 11 is 0. The van der Waals surface area contributed by atoms with Crippen LogP contribution in [0.2, 0.25) is 0 Å². The summed E-state index contributed by atoms with van der Waals surface area (Å²) in [6, 6.07) is 6.91. The van der Waals surface area contributed by atoms with Crippen LogP contribution < -0.4 is 0 Å². The van der Waals surface area contributed by atoms with Crippen LogP contribution in [0.5, 0.6) is 0 Å². The second-order valence-electron chi connectivity index (χ2n) is 4.40. The van der Waals surface area contributed by atoms with E-state index in [4.69, 9.17) is 5.11 Å². The van der Waals surface area contributed by atoms with Gasteiger partial charge in [-0.3, -0.25) is 19.3 Å². The molecule has 5 heteroatoms. The van der Waals surface area contributed by atoms with Gasteiger partial charge >= 0.3 is 5.97 Å². The molecule has 2 rings (SSSR count). The van der Waals surface area contributed by atoms with Crippen molar-refractivity contribution in [2.45, 2.75) is 19.9 Å². The molecule has 0 radical (unpaired) electrons. The molecule has 0 aliphatic carbocycles. The number of nitrogens with zero attached hydrogens (tertiary/aromatic N) is 1. The predicted molar refractivity (Wildman–Crippen MR) is 67.1 cm³/mol. The fourth-order valence-electron chi connectivity index (χ4n) is 2.01. The summed E-state index contributed by atoms with van der Waals surface area (Å²) in [5, 5.41) is 8.84. The van der Waals surface area contributed by atoms with E-state index in [1.807, 2.05) is 0 Å². The molecule has 1 aromatic rings. The van der Waals surface area contributed by atoms with Crippen LogP contribution in [-0.2, 0) is 27.3 Å². The third-order valence-electron chi connectivity index (χ3n) is 2.98. The third-order valence-corrected chi connectivity index (χ3v) is 2.98. The molecule has 0 spiro atoms. The molecule has 2 amide bonds. The van der Waals surface area contributed by atoms with E-state index < -0.39 is 5.97 Å². The number of aliphatic carboxylic acids is 1. The van der Waals surface area contributed by atoms with Gasteiger partial charge in [-0.15, -0.1) is 0 Å². The number of rotatable bonds is 4. The van der Waals surface area contributed by atoms with Crippen molar-refractivity contribution in [3.8, 4) is 0 Å². The van der Waals surface area contributed by atoms with Gasteiger partial charge in [-0.25, -0.2) is 0 Å². The summed E-state index contributed by atoms with van der Waals surface area (Å²) < 4.78 is 0. The van der Waals surface area contributed by atoms with Crippen LogP contribution in [0.1, 0.15) is 18.1 Å². The summed E-state index contributed by atoms with van der Waals surface area (Å²) in [7, 11) is 0. The Morgan fingerprint density at radius 1 is 1.21 bits per heavy atom. The number of imide groups is 1. The Morgan fingerprint density at radius 2 is 1.84 bits per heavy atom. The van der Waals surface area contributed by atoms with Crippen molar-refractivity contribution in [3.63, 3.8) is 0 Å². The monoisotopic (exact) mass is 259 g/mol. The van der Waals surface area contributed by atoms with E-state index in [1.54, 1.807) is 31.2 Å². The lowest BCUT2D eigenvalue weighted by molar-refractivity contribution is -0.138. The highest BCUT2D eigenvalue weighted by atomic mass is 16.4. The lowest BCUT2D eigenvalue weighted by atomic mass is 10.0. The molecule has 1 aliphatic rings. The van der Waals surface area contributed by atoms with Crippen molar-refractivity contribution in [1.82, 2.24) is 4.90 Å². The Morgan fingerprint density at radius 3 is 2.37 bits per heavy atom. The molecular formula is C14H13NO4. The second-order valence-corrected chi connectivity index (χ2v) is 4.40. The number of hydrogen-bond acceptors (Lipinski definition) is 3. The first kappa shape index (κ1) is 13.0. The van der Waals surface area contributed by atoms with E-state index in [9.17, 15) is 14.4 Å². The molecule has 98 valence electrons. The average Bonchev–Trinajstić information content (AvgIpc) is 2.57. The number of carboxylic acids is 1. The standard InChI is InChI=1S/C14H13NO4/c1-9-6-12(16)15(14(9)19)8-11-5-3-2-4-10(11)7-13(17)18/h2-6H,7-8H2,1H3,(H,17,18). The van der Waals surface area contributed by atoms with Crippen LogP contribution >= 0.6 is 0 Å². The number of carbonyl (C=O) groups is 3. The quantitative estimate of drug-likeness (QED) is 0.822. The van der Waals surface area contributed by atoms with Crippen molar-refractivity contribution >= 4 is 17.8 Å². The van der Waals surface area contributed by atoms with Crippen molar-refractivity contribution in [2.75, 3.05) is 0 Å². The zero-order valence-electron chi connectivity index (χ0n) is 10.4. The minimum atomic E-state index is -0.944. The largest absolute Gasteiger partial charge is 0.481 e. The van der Waals surface area contributed by atoms with Crippen molar-refractivity contribution in [3.05, 3.63) is 47.0 Å². The molecule has 19 heavy (non-hydrogen) atoms. The van der Waals surface area contributed by atoms with E-state index in [1.165, 1.54) is 6.08 Å². The minimum absolute atomic E-state index is 0.106. The smallest absolute Gasteiger partial charge is 0.307 e. The number of hydrogen-bond donors (Lipinski definition) is 1. The zero-order chi connectivity index (χ0) is 14.0. The molecule has 0 saturated heterocycles. The molecule has 0 fully saturated rings. The normalized spacial score (nSPS) is 14.8. The van der Waals surface area contributed by atoms with Crippen molar-refractivity contribution < 1.29 is 19.5 Å². The van der Waals surface area contributed by atoms with E-state index in [0.29, 0.717) is 16.7 Å². The van der Waals surface area contributed by atoms with Gasteiger partial charge in [0, 0.05) is 11.6 Å². The summed E-state index contributed by atoms with van der Waals surface area (Å²) in [5.41, 5.74) is 1.69. The first-order valence-corrected chi connectivity index (χ1v) is 5.81. The van der Waals surface area contributed by atoms with Gasteiger partial charge in [0.1, 0.15) is 0 Å². The summed E-state index contributed by atoms with van der Waals surface area (Å²) in [6.45, 7) is 1.69. The zero-order valence-corrected chi connectivity index (χ0v) is 10.4. The topological polar surface area (TPSA) is 74.7 Å². The number of benzene rings is 1. The van der Waals surface area contributed by atoms with Crippen LogP contribution in [-0.4, -0.2) is 27.8 Å². The summed E-state index contributed by atoms with van der Waals surface area (Å²) in [5.74, 6) is -1.62. The van der Waals surface area contributed by atoms with Gasteiger partial charge in [0.2, 0.25) is 0 Å². The molecule has 0 bridgehead atoms. The molecule has 1 heterocycles. The molecule has 5 nitrogen and oxygen atoms in total. The summed E-state index contributed by atoms with van der Waals surface area (Å²) in [4.78, 5) is 35.3. The fourth-order valence-corrected chi connectivity index (χ4v) is 2.01. The van der Waals surface area contributed by atoms with Gasteiger partial charge in [-0.2, -0.15) is 0 Å². The Kier molecular flexibility index (Phi) is 3.46. The molecule has 0 unspecified atom stereocenters. The lowest BCUT2D eigenvalue weighted by Gasteiger charge is -2.16. The van der Waals surface area contributed by atoms with E-state index in [2.05, 4.69) is 0 Å². The highest BCUT2D eigenvalue weighted by Crippen LogP contribution is 2.18. The van der Waals surface area contributed by atoms with Gasteiger partial charge in [0.05, 0.1) is 13.0 Å². The lowest BCUT2D eigenvalue weighted by Crippen LogP contribution is -2.30. The van der Waals surface area contributed by atoms with Gasteiger partial charge in [0.15, 0.2) is 0 Å². The van der Waals surface area contributed by atoms with Gasteiger partial charge in [-0.05, 0) is 18.1 Å². The maximum atomic E-state index is 11.8. The van der Waals surface area contributed by atoms with Gasteiger partial charge in [-0.1, -0.05) is 24.3 Å². The number of amides is 2. The number of carbonyl (C=O) groups excluding carboxylic acids is 2. The summed E-state index contributed by atoms with van der Waals surface area (Å²) in [6.07, 6.45) is 1.17. The van der Waals surface area contributed by atoms with Crippen LogP contribution in [0.3, 0.4) is 0 Å². The highest BCUT2D eigenvalue weighted by molar-refractivity contribution is 6.15. The van der Waals surface area contributed by atoms with Crippen LogP contribution in [0.15, 0.2) is 35.9 Å². The molecule has 0 aromatic heterocycles. The van der Waals surface area contributed by atoms with E-state index in [-0.39, 0.29) is 24.8 Å². The predicted octanol–water partition coefficient (Wildman–Crippen LogP) is 1.13. The van der Waals surface area contributed by atoms with Crippen LogP contribution in [0.25, 0.3) is 0 Å². The number of carboxylic acid groups (broad SMARTS) is 1. The SMILES string of the molecule is CC1=CC(=O)N(Cc2ccccc2CC(=O)O)C1=O. The molecule has 0 saturated carbocycles. The first-order chi connectivity index (χ1) is 8.99. The molecule has 1 aromatic carbocycles. The van der Waals surface area contributed by atoms with Crippen molar-refractivity contribution in [1.29, 1.82) is 0 Å². The van der Waals surface area contributed by atoms with E-state index in [0.717, 1.165) is 4.90 Å². The first-order valence-electron chi connectivity index (χ1n) is 5.81. The van der Waals surface area contributed by atoms with Gasteiger partial charge < -0.3 is 5.11 Å². The highest BCUT2D eigenvalue weighted by Gasteiger charge is 2.28. The Labute approximate surface area is 110 Å². The van der Waals surface area contributed by atoms with Crippen LogP contribution in [0, 0.1) is 0 Å². The van der Waals surface area contributed by atoms with Crippen LogP contribution in [0.4, 0.5) is 0 Å². The average molecular weight is 259 g/mol. The fraction of sp³-hybridized carbons (Fsp3) is 0.214. The molecule has 1 N–H and O–H groups in total. The molecule has 1 aliphatic heterocycles.